The van der Waals surface area contributed by atoms with Crippen LogP contribution in [-0.2, 0) is 9.05 Å². The molecule has 1 aromatic rings. The molecule has 1 aliphatic carbocycles. The van der Waals surface area contributed by atoms with Crippen molar-refractivity contribution in [3.8, 4) is 0 Å². The number of amides is 1. The molecule has 0 aliphatic heterocycles. The topological polar surface area (TPSA) is 54.5 Å². The quantitative estimate of drug-likeness (QED) is 0.797. The van der Waals surface area contributed by atoms with Crippen molar-refractivity contribution in [3.63, 3.8) is 0 Å². The van der Waals surface area contributed by atoms with Crippen LogP contribution in [0.15, 0.2) is 17.0 Å². The summed E-state index contributed by atoms with van der Waals surface area (Å²) in [7, 11) is 2.15. The highest BCUT2D eigenvalue weighted by Crippen LogP contribution is 2.28. The molecule has 0 saturated heterocycles. The largest absolute Gasteiger partial charge is 0.339 e. The second-order valence-electron chi connectivity index (χ2n) is 5.03. The van der Waals surface area contributed by atoms with Crippen LogP contribution >= 0.6 is 10.7 Å². The third kappa shape index (κ3) is 3.18. The summed E-state index contributed by atoms with van der Waals surface area (Å²) in [5.74, 6) is -3.43. The zero-order valence-electron chi connectivity index (χ0n) is 11.3. The molecule has 0 atom stereocenters. The molecule has 8 heteroatoms. The van der Waals surface area contributed by atoms with E-state index in [0.717, 1.165) is 31.7 Å². The Kier molecular flexibility index (Phi) is 4.53. The van der Waals surface area contributed by atoms with Gasteiger partial charge in [0.05, 0.1) is 0 Å². The van der Waals surface area contributed by atoms with E-state index in [9.17, 15) is 22.0 Å². The molecule has 1 amide bonds. The Morgan fingerprint density at radius 2 is 1.86 bits per heavy atom. The van der Waals surface area contributed by atoms with Crippen molar-refractivity contribution in [3.05, 3.63) is 29.3 Å². The third-order valence-electron chi connectivity index (χ3n) is 3.72. The molecule has 1 aromatic carbocycles. The molecular weight excluding hydrogens is 324 g/mol. The van der Waals surface area contributed by atoms with Gasteiger partial charge in [-0.2, -0.15) is 0 Å². The van der Waals surface area contributed by atoms with Crippen molar-refractivity contribution >= 4 is 25.6 Å². The fourth-order valence-electron chi connectivity index (χ4n) is 2.55. The van der Waals surface area contributed by atoms with Gasteiger partial charge in [-0.3, -0.25) is 4.79 Å². The Morgan fingerprint density at radius 1 is 1.29 bits per heavy atom. The van der Waals surface area contributed by atoms with Crippen molar-refractivity contribution < 1.29 is 22.0 Å². The van der Waals surface area contributed by atoms with E-state index >= 15 is 0 Å². The Labute approximate surface area is 126 Å². The molecule has 0 aromatic heterocycles. The minimum Gasteiger partial charge on any atom is -0.339 e. The van der Waals surface area contributed by atoms with Gasteiger partial charge in [0.2, 0.25) is 0 Å². The van der Waals surface area contributed by atoms with Crippen molar-refractivity contribution in [1.82, 2.24) is 4.90 Å². The van der Waals surface area contributed by atoms with Gasteiger partial charge < -0.3 is 4.90 Å². The predicted molar refractivity (Wildman–Crippen MR) is 73.7 cm³/mol. The first-order chi connectivity index (χ1) is 9.73. The summed E-state index contributed by atoms with van der Waals surface area (Å²) >= 11 is 0. The van der Waals surface area contributed by atoms with Crippen molar-refractivity contribution in [2.24, 2.45) is 0 Å². The number of hydrogen-bond acceptors (Lipinski definition) is 3. The third-order valence-corrected chi connectivity index (χ3v) is 5.06. The molecule has 116 valence electrons. The molecule has 1 saturated carbocycles. The van der Waals surface area contributed by atoms with Gasteiger partial charge in [-0.25, -0.2) is 17.2 Å². The number of rotatable bonds is 3. The maximum Gasteiger partial charge on any atom is 0.264 e. The van der Waals surface area contributed by atoms with Gasteiger partial charge in [0.1, 0.15) is 16.3 Å². The maximum absolute atomic E-state index is 14.2. The van der Waals surface area contributed by atoms with Crippen molar-refractivity contribution in [2.45, 2.75) is 36.6 Å². The van der Waals surface area contributed by atoms with E-state index in [1.54, 1.807) is 0 Å². The molecule has 1 fully saturated rings. The lowest BCUT2D eigenvalue weighted by Gasteiger charge is -2.24. The molecule has 4 nitrogen and oxygen atoms in total. The molecule has 21 heavy (non-hydrogen) atoms. The lowest BCUT2D eigenvalue weighted by atomic mass is 10.1. The van der Waals surface area contributed by atoms with E-state index < -0.39 is 37.1 Å². The lowest BCUT2D eigenvalue weighted by Crippen LogP contribution is -2.36. The Bertz CT molecular complexity index is 672. The van der Waals surface area contributed by atoms with Gasteiger partial charge in [-0.15, -0.1) is 0 Å². The van der Waals surface area contributed by atoms with E-state index in [0.29, 0.717) is 6.07 Å². The number of nitrogens with zero attached hydrogens (tertiary/aromatic N) is 1. The van der Waals surface area contributed by atoms with Crippen LogP contribution in [0.25, 0.3) is 0 Å². The maximum atomic E-state index is 14.2. The first kappa shape index (κ1) is 16.2. The van der Waals surface area contributed by atoms with E-state index in [1.165, 1.54) is 11.9 Å². The van der Waals surface area contributed by atoms with E-state index in [-0.39, 0.29) is 6.04 Å². The second-order valence-corrected chi connectivity index (χ2v) is 7.56. The molecule has 2 rings (SSSR count). The number of carbonyl (C=O) groups excluding carboxylic acids is 1. The number of carbonyl (C=O) groups is 1. The average Bonchev–Trinajstić information content (AvgIpc) is 2.89. The highest BCUT2D eigenvalue weighted by molar-refractivity contribution is 8.13. The van der Waals surface area contributed by atoms with E-state index in [1.807, 2.05) is 0 Å². The van der Waals surface area contributed by atoms with E-state index in [4.69, 9.17) is 10.7 Å². The summed E-state index contributed by atoms with van der Waals surface area (Å²) in [4.78, 5) is 12.6. The van der Waals surface area contributed by atoms with Crippen LogP contribution in [0.1, 0.15) is 36.0 Å². The molecule has 0 radical (unpaired) electrons. The van der Waals surface area contributed by atoms with E-state index in [2.05, 4.69) is 0 Å². The van der Waals surface area contributed by atoms with Crippen LogP contribution in [0.5, 0.6) is 0 Å². The van der Waals surface area contributed by atoms with Gasteiger partial charge >= 0.3 is 0 Å². The zero-order chi connectivity index (χ0) is 15.8. The Balaban J connectivity index is 2.45. The van der Waals surface area contributed by atoms with Crippen molar-refractivity contribution in [2.75, 3.05) is 7.05 Å². The summed E-state index contributed by atoms with van der Waals surface area (Å²) in [5.41, 5.74) is -0.883. The van der Waals surface area contributed by atoms with Crippen LogP contribution in [0.4, 0.5) is 8.78 Å². The zero-order valence-corrected chi connectivity index (χ0v) is 12.8. The summed E-state index contributed by atoms with van der Waals surface area (Å²) < 4.78 is 50.5. The lowest BCUT2D eigenvalue weighted by molar-refractivity contribution is 0.0724. The smallest absolute Gasteiger partial charge is 0.264 e. The number of benzene rings is 1. The molecule has 0 spiro atoms. The standard InChI is InChI=1S/C13H14ClF2NO3S/c1-17(8-4-2-3-5-8)13(18)11-9(15)6-7-10(12(11)16)21(14,19)20/h6-8H,2-5H2,1H3. The van der Waals surface area contributed by atoms with Gasteiger partial charge in [-0.1, -0.05) is 12.8 Å². The average molecular weight is 338 g/mol. The Hall–Kier alpha value is -1.21. The van der Waals surface area contributed by atoms with Gasteiger partial charge in [0, 0.05) is 23.8 Å². The number of hydrogen-bond donors (Lipinski definition) is 0. The summed E-state index contributed by atoms with van der Waals surface area (Å²) in [6, 6.07) is 1.35. The SMILES string of the molecule is CN(C(=O)c1c(F)ccc(S(=O)(=O)Cl)c1F)C1CCCC1. The second kappa shape index (κ2) is 5.88. The first-order valence-corrected chi connectivity index (χ1v) is 8.74. The Morgan fingerprint density at radius 3 is 2.38 bits per heavy atom. The number of halogens is 3. The normalized spacial score (nSPS) is 16.2. The van der Waals surface area contributed by atoms with Gasteiger partial charge in [0.25, 0.3) is 15.0 Å². The van der Waals surface area contributed by atoms with Crippen LogP contribution in [0.3, 0.4) is 0 Å². The minimum absolute atomic E-state index is 0.0902. The highest BCUT2D eigenvalue weighted by Gasteiger charge is 2.31. The monoisotopic (exact) mass is 337 g/mol. The van der Waals surface area contributed by atoms with Crippen LogP contribution in [0, 0.1) is 11.6 Å². The van der Waals surface area contributed by atoms with Crippen LogP contribution < -0.4 is 0 Å². The summed E-state index contributed by atoms with van der Waals surface area (Å²) in [6.07, 6.45) is 3.42. The summed E-state index contributed by atoms with van der Waals surface area (Å²) in [6.45, 7) is 0. The molecule has 0 bridgehead atoms. The molecule has 0 heterocycles. The molecular formula is C13H14ClF2NO3S. The molecule has 1 aliphatic rings. The summed E-state index contributed by atoms with van der Waals surface area (Å²) in [5, 5.41) is 0. The van der Waals surface area contributed by atoms with Crippen LogP contribution in [-0.4, -0.2) is 32.3 Å². The minimum atomic E-state index is -4.39. The van der Waals surface area contributed by atoms with Crippen LogP contribution in [0.2, 0.25) is 0 Å². The fraction of sp³-hybridized carbons (Fsp3) is 0.462. The van der Waals surface area contributed by atoms with Crippen molar-refractivity contribution in [1.29, 1.82) is 0 Å². The highest BCUT2D eigenvalue weighted by atomic mass is 35.7. The van der Waals surface area contributed by atoms with Gasteiger partial charge in [-0.05, 0) is 25.0 Å². The predicted octanol–water partition coefficient (Wildman–Crippen LogP) is 2.91. The first-order valence-electron chi connectivity index (χ1n) is 6.43. The fourth-order valence-corrected chi connectivity index (χ4v) is 3.46. The molecule has 0 N–H and O–H groups in total. The van der Waals surface area contributed by atoms with Gasteiger partial charge in [0.15, 0.2) is 5.82 Å². The molecule has 0 unspecified atom stereocenters.